The number of hydrogen-bond donors (Lipinski definition) is 0. The number of anilines is 1. The zero-order valence-electron chi connectivity index (χ0n) is 12.9. The van der Waals surface area contributed by atoms with Gasteiger partial charge < -0.3 is 19.3 Å². The molecule has 6 heteroatoms. The van der Waals surface area contributed by atoms with Crippen LogP contribution in [0.3, 0.4) is 0 Å². The van der Waals surface area contributed by atoms with Crippen molar-refractivity contribution in [3.63, 3.8) is 0 Å². The number of hydrogen-bond acceptors (Lipinski definition) is 6. The Hall–Kier alpha value is -1.24. The lowest BCUT2D eigenvalue weighted by molar-refractivity contribution is -0.0458. The van der Waals surface area contributed by atoms with Gasteiger partial charge in [0.1, 0.15) is 5.60 Å². The van der Waals surface area contributed by atoms with Crippen LogP contribution < -0.4 is 4.90 Å². The van der Waals surface area contributed by atoms with Crippen LogP contribution in [0.25, 0.3) is 0 Å². The number of aromatic nitrogens is 2. The number of ether oxygens (including phenoxy) is 2. The summed E-state index contributed by atoms with van der Waals surface area (Å²) in [5.41, 5.74) is -0.212. The lowest BCUT2D eigenvalue weighted by Crippen LogP contribution is -2.44. The van der Waals surface area contributed by atoms with Gasteiger partial charge in [-0.2, -0.15) is 0 Å². The highest BCUT2D eigenvalue weighted by Gasteiger charge is 2.43. The van der Waals surface area contributed by atoms with E-state index in [-0.39, 0.29) is 5.60 Å². The van der Waals surface area contributed by atoms with Crippen molar-refractivity contribution in [2.75, 3.05) is 58.5 Å². The van der Waals surface area contributed by atoms with Gasteiger partial charge in [0.25, 0.3) is 0 Å². The maximum Gasteiger partial charge on any atom is 0.225 e. The van der Waals surface area contributed by atoms with Crippen LogP contribution in [-0.2, 0) is 9.47 Å². The van der Waals surface area contributed by atoms with Gasteiger partial charge in [-0.3, -0.25) is 0 Å². The molecule has 0 saturated carbocycles. The first-order chi connectivity index (χ1) is 10.2. The molecule has 2 fully saturated rings. The molecule has 116 valence electrons. The third kappa shape index (κ3) is 3.51. The zero-order chi connectivity index (χ0) is 14.7. The Morgan fingerprint density at radius 3 is 2.95 bits per heavy atom. The molecule has 0 radical (unpaired) electrons. The van der Waals surface area contributed by atoms with Crippen molar-refractivity contribution >= 4 is 5.95 Å². The third-order valence-corrected chi connectivity index (χ3v) is 4.09. The lowest BCUT2D eigenvalue weighted by atomic mass is 9.94. The van der Waals surface area contributed by atoms with Crippen LogP contribution in [-0.4, -0.2) is 74.0 Å². The van der Waals surface area contributed by atoms with Crippen LogP contribution in [0.4, 0.5) is 5.95 Å². The molecule has 2 aliphatic heterocycles. The van der Waals surface area contributed by atoms with Gasteiger partial charge in [0.15, 0.2) is 0 Å². The van der Waals surface area contributed by atoms with Crippen molar-refractivity contribution in [3.8, 4) is 0 Å². The summed E-state index contributed by atoms with van der Waals surface area (Å²) in [5.74, 6) is 1.34. The highest BCUT2D eigenvalue weighted by atomic mass is 16.5. The predicted molar refractivity (Wildman–Crippen MR) is 80.4 cm³/mol. The monoisotopic (exact) mass is 292 g/mol. The van der Waals surface area contributed by atoms with Gasteiger partial charge in [-0.1, -0.05) is 0 Å². The molecular weight excluding hydrogens is 268 g/mol. The number of rotatable bonds is 3. The Balaban J connectivity index is 1.71. The first-order valence-electron chi connectivity index (χ1n) is 7.55. The molecule has 0 aromatic carbocycles. The Morgan fingerprint density at radius 2 is 2.19 bits per heavy atom. The van der Waals surface area contributed by atoms with E-state index >= 15 is 0 Å². The normalized spacial score (nSPS) is 30.0. The second-order valence-corrected chi connectivity index (χ2v) is 6.35. The number of nitrogens with zero attached hydrogens (tertiary/aromatic N) is 4. The zero-order valence-corrected chi connectivity index (χ0v) is 12.9. The average Bonchev–Trinajstić information content (AvgIpc) is 2.73. The summed E-state index contributed by atoms with van der Waals surface area (Å²) in [7, 11) is 4.22. The summed E-state index contributed by atoms with van der Waals surface area (Å²) in [6.07, 6.45) is 4.60. The maximum absolute atomic E-state index is 6.18. The van der Waals surface area contributed by atoms with Crippen molar-refractivity contribution in [3.05, 3.63) is 18.5 Å². The van der Waals surface area contributed by atoms with Gasteiger partial charge in [0.2, 0.25) is 5.95 Å². The Morgan fingerprint density at radius 1 is 1.38 bits per heavy atom. The first kappa shape index (κ1) is 14.7. The summed E-state index contributed by atoms with van der Waals surface area (Å²) in [6.45, 7) is 4.85. The molecule has 0 amide bonds. The van der Waals surface area contributed by atoms with Gasteiger partial charge in [0.05, 0.1) is 26.4 Å². The molecule has 0 bridgehead atoms. The molecule has 3 rings (SSSR count). The largest absolute Gasteiger partial charge is 0.377 e. The predicted octanol–water partition coefficient (Wildman–Crippen LogP) is 0.650. The van der Waals surface area contributed by atoms with Crippen LogP contribution >= 0.6 is 0 Å². The van der Waals surface area contributed by atoms with E-state index in [4.69, 9.17) is 9.47 Å². The smallest absolute Gasteiger partial charge is 0.225 e. The fourth-order valence-corrected chi connectivity index (χ4v) is 3.31. The molecule has 1 aromatic rings. The SMILES string of the molecule is CN(C)C[C@@H]1CO[C@@]2(COCCN(c3ncccn3)C2)C1. The molecule has 6 nitrogen and oxygen atoms in total. The summed E-state index contributed by atoms with van der Waals surface area (Å²) in [4.78, 5) is 13.1. The van der Waals surface area contributed by atoms with Crippen molar-refractivity contribution in [2.45, 2.75) is 12.0 Å². The van der Waals surface area contributed by atoms with Gasteiger partial charge >= 0.3 is 0 Å². The molecule has 2 saturated heterocycles. The molecule has 21 heavy (non-hydrogen) atoms. The van der Waals surface area contributed by atoms with Crippen molar-refractivity contribution < 1.29 is 9.47 Å². The van der Waals surface area contributed by atoms with Crippen LogP contribution in [0.5, 0.6) is 0 Å². The van der Waals surface area contributed by atoms with E-state index in [1.54, 1.807) is 12.4 Å². The van der Waals surface area contributed by atoms with E-state index in [0.29, 0.717) is 19.1 Å². The highest BCUT2D eigenvalue weighted by Crippen LogP contribution is 2.33. The average molecular weight is 292 g/mol. The second kappa shape index (κ2) is 6.25. The maximum atomic E-state index is 6.18. The molecule has 0 N–H and O–H groups in total. The highest BCUT2D eigenvalue weighted by molar-refractivity contribution is 5.30. The van der Waals surface area contributed by atoms with Gasteiger partial charge in [-0.05, 0) is 32.5 Å². The minimum atomic E-state index is -0.212. The molecule has 1 aromatic heterocycles. The van der Waals surface area contributed by atoms with Crippen LogP contribution in [0.2, 0.25) is 0 Å². The van der Waals surface area contributed by atoms with Crippen molar-refractivity contribution in [1.82, 2.24) is 14.9 Å². The fourth-order valence-electron chi connectivity index (χ4n) is 3.31. The van der Waals surface area contributed by atoms with Crippen molar-refractivity contribution in [2.24, 2.45) is 5.92 Å². The van der Waals surface area contributed by atoms with Crippen LogP contribution in [0, 0.1) is 5.92 Å². The Labute approximate surface area is 126 Å². The van der Waals surface area contributed by atoms with E-state index in [2.05, 4.69) is 33.9 Å². The van der Waals surface area contributed by atoms with Gasteiger partial charge in [0, 0.05) is 25.5 Å². The molecular formula is C15H24N4O2. The standard InChI is InChI=1S/C15H24N4O2/c1-18(2)9-13-8-15(21-10-13)11-19(6-7-20-12-15)14-16-4-3-5-17-14/h3-5,13H,6-12H2,1-2H3/t13-,15+/m1/s1. The summed E-state index contributed by atoms with van der Waals surface area (Å²) in [5, 5.41) is 0. The van der Waals surface area contributed by atoms with E-state index in [1.807, 2.05) is 6.07 Å². The molecule has 0 unspecified atom stereocenters. The minimum absolute atomic E-state index is 0.212. The van der Waals surface area contributed by atoms with Crippen molar-refractivity contribution in [1.29, 1.82) is 0 Å². The van der Waals surface area contributed by atoms with Gasteiger partial charge in [-0.25, -0.2) is 9.97 Å². The van der Waals surface area contributed by atoms with E-state index in [9.17, 15) is 0 Å². The lowest BCUT2D eigenvalue weighted by Gasteiger charge is -2.31. The van der Waals surface area contributed by atoms with Crippen LogP contribution in [0.15, 0.2) is 18.5 Å². The topological polar surface area (TPSA) is 50.7 Å². The summed E-state index contributed by atoms with van der Waals surface area (Å²) >= 11 is 0. The molecule has 2 aliphatic rings. The van der Waals surface area contributed by atoms with Crippen LogP contribution in [0.1, 0.15) is 6.42 Å². The fraction of sp³-hybridized carbons (Fsp3) is 0.733. The van der Waals surface area contributed by atoms with Gasteiger partial charge in [-0.15, -0.1) is 0 Å². The summed E-state index contributed by atoms with van der Waals surface area (Å²) in [6, 6.07) is 1.84. The van der Waals surface area contributed by atoms with E-state index in [1.165, 1.54) is 0 Å². The first-order valence-corrected chi connectivity index (χ1v) is 7.55. The summed E-state index contributed by atoms with van der Waals surface area (Å²) < 4.78 is 12.0. The minimum Gasteiger partial charge on any atom is -0.377 e. The quantitative estimate of drug-likeness (QED) is 0.815. The molecule has 2 atom stereocenters. The third-order valence-electron chi connectivity index (χ3n) is 4.09. The Kier molecular flexibility index (Phi) is 4.37. The Bertz CT molecular complexity index is 456. The molecule has 3 heterocycles. The molecule has 1 spiro atoms. The van der Waals surface area contributed by atoms with E-state index < -0.39 is 0 Å². The second-order valence-electron chi connectivity index (χ2n) is 6.35. The molecule has 0 aliphatic carbocycles. The van der Waals surface area contributed by atoms with E-state index in [0.717, 1.165) is 38.6 Å².